The van der Waals surface area contributed by atoms with Crippen molar-refractivity contribution in [3.8, 4) is 0 Å². The van der Waals surface area contributed by atoms with Gasteiger partial charge in [0.25, 0.3) is 5.17 Å². The maximum atomic E-state index is 5.96. The lowest BCUT2D eigenvalue weighted by Crippen LogP contribution is -2.42. The van der Waals surface area contributed by atoms with Gasteiger partial charge in [-0.1, -0.05) is 44.2 Å². The fourth-order valence-corrected chi connectivity index (χ4v) is 2.09. The summed E-state index contributed by atoms with van der Waals surface area (Å²) in [7, 11) is 0. The van der Waals surface area contributed by atoms with E-state index in [1.807, 2.05) is 13.0 Å². The van der Waals surface area contributed by atoms with Crippen LogP contribution in [0.15, 0.2) is 30.3 Å². The van der Waals surface area contributed by atoms with Crippen molar-refractivity contribution in [2.45, 2.75) is 39.7 Å². The van der Waals surface area contributed by atoms with Crippen LogP contribution in [0.3, 0.4) is 0 Å². The van der Waals surface area contributed by atoms with Crippen LogP contribution in [0, 0.1) is 5.92 Å². The molecule has 0 amide bonds. The highest BCUT2D eigenvalue weighted by Crippen LogP contribution is 2.26. The van der Waals surface area contributed by atoms with Crippen LogP contribution in [0.2, 0.25) is 0 Å². The van der Waals surface area contributed by atoms with Crippen molar-refractivity contribution in [2.75, 3.05) is 6.54 Å². The van der Waals surface area contributed by atoms with Crippen molar-refractivity contribution < 1.29 is 4.74 Å². The van der Waals surface area contributed by atoms with Gasteiger partial charge in [-0.3, -0.25) is 0 Å². The fourth-order valence-electron chi connectivity index (χ4n) is 1.75. The lowest BCUT2D eigenvalue weighted by atomic mass is 9.86. The molecule has 0 fully saturated rings. The summed E-state index contributed by atoms with van der Waals surface area (Å²) in [6, 6.07) is 10.4. The Morgan fingerprint density at radius 2 is 1.94 bits per heavy atom. The van der Waals surface area contributed by atoms with Crippen LogP contribution in [-0.2, 0) is 11.2 Å². The van der Waals surface area contributed by atoms with Gasteiger partial charge >= 0.3 is 0 Å². The van der Waals surface area contributed by atoms with E-state index in [0.29, 0.717) is 11.1 Å². The second-order valence-corrected chi connectivity index (χ2v) is 5.42. The van der Waals surface area contributed by atoms with E-state index in [-0.39, 0.29) is 5.60 Å². The molecule has 0 unspecified atom stereocenters. The van der Waals surface area contributed by atoms with Gasteiger partial charge in [-0.05, 0) is 37.5 Å². The molecular formula is C15H23NOS. The van der Waals surface area contributed by atoms with E-state index in [9.17, 15) is 0 Å². The zero-order chi connectivity index (χ0) is 13.6. The predicted octanol–water partition coefficient (Wildman–Crippen LogP) is 3.55. The van der Waals surface area contributed by atoms with E-state index < -0.39 is 0 Å². The summed E-state index contributed by atoms with van der Waals surface area (Å²) in [5, 5.41) is 3.54. The Hall–Kier alpha value is -1.09. The summed E-state index contributed by atoms with van der Waals surface area (Å²) in [4.78, 5) is 0. The van der Waals surface area contributed by atoms with Crippen LogP contribution in [0.25, 0.3) is 0 Å². The normalized spacial score (nSPS) is 14.1. The molecule has 1 N–H and O–H groups in total. The number of nitrogens with one attached hydrogen (secondary N) is 1. The summed E-state index contributed by atoms with van der Waals surface area (Å²) in [5.41, 5.74) is 0.994. The third kappa shape index (κ3) is 4.30. The standard InChI is InChI=1S/C15H23NOS/c1-5-16-14(18)17-15(4,12(2)3)11-13-9-7-6-8-10-13/h6-10,12H,5,11H2,1-4H3,(H,16,18)/t15-/m0/s1. The van der Waals surface area contributed by atoms with Gasteiger partial charge in [0.1, 0.15) is 5.60 Å². The molecule has 18 heavy (non-hydrogen) atoms. The Bertz CT molecular complexity index is 377. The summed E-state index contributed by atoms with van der Waals surface area (Å²) in [6.07, 6.45) is 0.858. The first-order valence-corrected chi connectivity index (χ1v) is 6.89. The number of rotatable bonds is 5. The molecule has 0 saturated carbocycles. The number of benzene rings is 1. The molecule has 0 spiro atoms. The maximum absolute atomic E-state index is 5.96. The van der Waals surface area contributed by atoms with Crippen LogP contribution in [-0.4, -0.2) is 17.3 Å². The zero-order valence-corrected chi connectivity index (χ0v) is 12.5. The summed E-state index contributed by atoms with van der Waals surface area (Å²) in [6.45, 7) is 9.25. The van der Waals surface area contributed by atoms with Crippen LogP contribution in [0.1, 0.15) is 33.3 Å². The van der Waals surface area contributed by atoms with Crippen molar-refractivity contribution in [3.05, 3.63) is 35.9 Å². The number of thiocarbonyl (C=S) groups is 1. The van der Waals surface area contributed by atoms with Crippen LogP contribution >= 0.6 is 12.2 Å². The second kappa shape index (κ2) is 6.74. The molecule has 0 aliphatic carbocycles. The molecular weight excluding hydrogens is 242 g/mol. The molecule has 0 heterocycles. The molecule has 100 valence electrons. The van der Waals surface area contributed by atoms with E-state index in [4.69, 9.17) is 17.0 Å². The summed E-state index contributed by atoms with van der Waals surface area (Å²) in [5.74, 6) is 0.384. The van der Waals surface area contributed by atoms with Gasteiger partial charge < -0.3 is 10.1 Å². The minimum Gasteiger partial charge on any atom is -0.464 e. The highest BCUT2D eigenvalue weighted by Gasteiger charge is 2.31. The van der Waals surface area contributed by atoms with Gasteiger partial charge in [-0.15, -0.1) is 0 Å². The van der Waals surface area contributed by atoms with Gasteiger partial charge in [-0.25, -0.2) is 0 Å². The van der Waals surface area contributed by atoms with Crippen molar-refractivity contribution >= 4 is 17.4 Å². The van der Waals surface area contributed by atoms with Crippen molar-refractivity contribution in [1.82, 2.24) is 5.32 Å². The number of hydrogen-bond donors (Lipinski definition) is 1. The fraction of sp³-hybridized carbons (Fsp3) is 0.533. The molecule has 1 rings (SSSR count). The van der Waals surface area contributed by atoms with E-state index in [2.05, 4.69) is 50.4 Å². The Morgan fingerprint density at radius 1 is 1.33 bits per heavy atom. The van der Waals surface area contributed by atoms with Crippen LogP contribution in [0.4, 0.5) is 0 Å². The van der Waals surface area contributed by atoms with Gasteiger partial charge in [-0.2, -0.15) is 0 Å². The largest absolute Gasteiger partial charge is 0.464 e. The molecule has 1 aromatic rings. The topological polar surface area (TPSA) is 21.3 Å². The Morgan fingerprint density at radius 3 is 2.44 bits per heavy atom. The molecule has 0 aliphatic rings. The maximum Gasteiger partial charge on any atom is 0.257 e. The number of ether oxygens (including phenoxy) is 1. The third-order valence-corrected chi connectivity index (χ3v) is 3.49. The van der Waals surface area contributed by atoms with E-state index in [1.54, 1.807) is 0 Å². The first-order chi connectivity index (χ1) is 8.48. The first-order valence-electron chi connectivity index (χ1n) is 6.48. The molecule has 0 aliphatic heterocycles. The van der Waals surface area contributed by atoms with Crippen molar-refractivity contribution in [1.29, 1.82) is 0 Å². The van der Waals surface area contributed by atoms with Crippen molar-refractivity contribution in [2.24, 2.45) is 5.92 Å². The Kier molecular flexibility index (Phi) is 5.60. The molecule has 3 heteroatoms. The minimum absolute atomic E-state index is 0.277. The predicted molar refractivity (Wildman–Crippen MR) is 80.7 cm³/mol. The molecule has 0 aromatic heterocycles. The van der Waals surface area contributed by atoms with Gasteiger partial charge in [0.15, 0.2) is 0 Å². The molecule has 2 nitrogen and oxygen atoms in total. The number of hydrogen-bond acceptors (Lipinski definition) is 2. The molecule has 1 atom stereocenters. The minimum atomic E-state index is -0.277. The zero-order valence-electron chi connectivity index (χ0n) is 11.7. The molecule has 0 radical (unpaired) electrons. The van der Waals surface area contributed by atoms with Gasteiger partial charge in [0.05, 0.1) is 0 Å². The first kappa shape index (κ1) is 15.0. The molecule has 0 saturated heterocycles. The van der Waals surface area contributed by atoms with Crippen LogP contribution in [0.5, 0.6) is 0 Å². The SMILES string of the molecule is CCNC(=S)O[C@@](C)(Cc1ccccc1)C(C)C. The quantitative estimate of drug-likeness (QED) is 0.823. The smallest absolute Gasteiger partial charge is 0.257 e. The monoisotopic (exact) mass is 265 g/mol. The van der Waals surface area contributed by atoms with Gasteiger partial charge in [0, 0.05) is 13.0 Å². The average Bonchev–Trinajstić information content (AvgIpc) is 2.30. The highest BCUT2D eigenvalue weighted by molar-refractivity contribution is 7.80. The van der Waals surface area contributed by atoms with E-state index in [1.165, 1.54) is 5.56 Å². The summed E-state index contributed by atoms with van der Waals surface area (Å²) >= 11 is 5.20. The van der Waals surface area contributed by atoms with E-state index in [0.717, 1.165) is 13.0 Å². The molecule has 0 bridgehead atoms. The lowest BCUT2D eigenvalue weighted by Gasteiger charge is -2.34. The van der Waals surface area contributed by atoms with Crippen molar-refractivity contribution in [3.63, 3.8) is 0 Å². The average molecular weight is 265 g/mol. The second-order valence-electron chi connectivity index (χ2n) is 5.05. The molecule has 1 aromatic carbocycles. The van der Waals surface area contributed by atoms with Crippen LogP contribution < -0.4 is 5.32 Å². The third-order valence-electron chi connectivity index (χ3n) is 3.27. The lowest BCUT2D eigenvalue weighted by molar-refractivity contribution is 0.0273. The highest BCUT2D eigenvalue weighted by atomic mass is 32.1. The Labute approximate surface area is 116 Å². The summed E-state index contributed by atoms with van der Waals surface area (Å²) < 4.78 is 5.96. The van der Waals surface area contributed by atoms with Gasteiger partial charge in [0.2, 0.25) is 0 Å². The van der Waals surface area contributed by atoms with E-state index >= 15 is 0 Å². The Balaban J connectivity index is 2.77.